The van der Waals surface area contributed by atoms with Crippen LogP contribution >= 0.6 is 0 Å². The van der Waals surface area contributed by atoms with Gasteiger partial charge in [0.25, 0.3) is 0 Å². The lowest BCUT2D eigenvalue weighted by atomic mass is 9.92. The van der Waals surface area contributed by atoms with E-state index in [2.05, 4.69) is 20.5 Å². The summed E-state index contributed by atoms with van der Waals surface area (Å²) in [5, 5.41) is 21.9. The van der Waals surface area contributed by atoms with Gasteiger partial charge in [-0.25, -0.2) is 4.68 Å². The van der Waals surface area contributed by atoms with Gasteiger partial charge in [0.15, 0.2) is 5.82 Å². The standard InChI is InChI=1S/C12H15N5O/c18-11-4-2-1-3-10(11)17-12(14-15-16-17)9-5-7-13-8-6-9/h5-8,10-11,18H,1-4H2. The topological polar surface area (TPSA) is 76.7 Å². The molecule has 18 heavy (non-hydrogen) atoms. The molecule has 2 aromatic rings. The number of nitrogens with zero attached hydrogens (tertiary/aromatic N) is 5. The molecule has 2 aromatic heterocycles. The molecule has 6 heteroatoms. The number of hydrogen-bond donors (Lipinski definition) is 1. The van der Waals surface area contributed by atoms with Crippen molar-refractivity contribution in [2.24, 2.45) is 0 Å². The van der Waals surface area contributed by atoms with E-state index in [0.717, 1.165) is 31.2 Å². The average molecular weight is 245 g/mol. The minimum Gasteiger partial charge on any atom is -0.391 e. The van der Waals surface area contributed by atoms with Crippen LogP contribution in [-0.2, 0) is 0 Å². The Morgan fingerprint density at radius 3 is 2.72 bits per heavy atom. The molecule has 0 aliphatic heterocycles. The fourth-order valence-corrected chi connectivity index (χ4v) is 2.49. The molecule has 94 valence electrons. The number of rotatable bonds is 2. The summed E-state index contributed by atoms with van der Waals surface area (Å²) < 4.78 is 1.75. The van der Waals surface area contributed by atoms with Crippen molar-refractivity contribution in [3.8, 4) is 11.4 Å². The van der Waals surface area contributed by atoms with Crippen LogP contribution in [0.5, 0.6) is 0 Å². The van der Waals surface area contributed by atoms with Crippen molar-refractivity contribution in [1.29, 1.82) is 0 Å². The van der Waals surface area contributed by atoms with Gasteiger partial charge in [-0.3, -0.25) is 4.98 Å². The van der Waals surface area contributed by atoms with Crippen molar-refractivity contribution < 1.29 is 5.11 Å². The summed E-state index contributed by atoms with van der Waals surface area (Å²) in [6.07, 6.45) is 6.99. The summed E-state index contributed by atoms with van der Waals surface area (Å²) in [6, 6.07) is 3.73. The predicted molar refractivity (Wildman–Crippen MR) is 64.6 cm³/mol. The first kappa shape index (κ1) is 11.3. The lowest BCUT2D eigenvalue weighted by Gasteiger charge is -2.27. The van der Waals surface area contributed by atoms with E-state index in [-0.39, 0.29) is 12.1 Å². The largest absolute Gasteiger partial charge is 0.391 e. The number of tetrazole rings is 1. The third kappa shape index (κ3) is 1.99. The molecule has 1 N–H and O–H groups in total. The Morgan fingerprint density at radius 2 is 1.94 bits per heavy atom. The molecule has 0 aromatic carbocycles. The molecule has 0 saturated heterocycles. The molecule has 0 spiro atoms. The maximum atomic E-state index is 10.1. The molecule has 2 atom stereocenters. The zero-order chi connectivity index (χ0) is 12.4. The van der Waals surface area contributed by atoms with Crippen molar-refractivity contribution in [3.63, 3.8) is 0 Å². The molecule has 2 heterocycles. The van der Waals surface area contributed by atoms with E-state index < -0.39 is 0 Å². The van der Waals surface area contributed by atoms with Crippen molar-refractivity contribution >= 4 is 0 Å². The molecular weight excluding hydrogens is 230 g/mol. The monoisotopic (exact) mass is 245 g/mol. The molecule has 3 rings (SSSR count). The SMILES string of the molecule is OC1CCCCC1n1nnnc1-c1ccncc1. The van der Waals surface area contributed by atoms with Gasteiger partial charge in [0.1, 0.15) is 0 Å². The second kappa shape index (κ2) is 4.81. The highest BCUT2D eigenvalue weighted by Gasteiger charge is 2.28. The highest BCUT2D eigenvalue weighted by Crippen LogP contribution is 2.30. The summed E-state index contributed by atoms with van der Waals surface area (Å²) >= 11 is 0. The Morgan fingerprint density at radius 1 is 1.17 bits per heavy atom. The second-order valence-corrected chi connectivity index (χ2v) is 4.60. The molecule has 1 saturated carbocycles. The van der Waals surface area contributed by atoms with Crippen LogP contribution in [0.2, 0.25) is 0 Å². The van der Waals surface area contributed by atoms with Gasteiger partial charge in [0, 0.05) is 18.0 Å². The first-order valence-corrected chi connectivity index (χ1v) is 6.22. The summed E-state index contributed by atoms with van der Waals surface area (Å²) in [5.74, 6) is 0.698. The Hall–Kier alpha value is -1.82. The van der Waals surface area contributed by atoms with Gasteiger partial charge >= 0.3 is 0 Å². The molecular formula is C12H15N5O. The van der Waals surface area contributed by atoms with Gasteiger partial charge in [-0.2, -0.15) is 0 Å². The number of hydrogen-bond acceptors (Lipinski definition) is 5. The highest BCUT2D eigenvalue weighted by atomic mass is 16.3. The number of aliphatic hydroxyl groups excluding tert-OH is 1. The Bertz CT molecular complexity index is 512. The molecule has 1 aliphatic carbocycles. The Kier molecular flexibility index (Phi) is 3.02. The predicted octanol–water partition coefficient (Wildman–Crippen LogP) is 1.21. The molecule has 1 fully saturated rings. The van der Waals surface area contributed by atoms with E-state index in [1.165, 1.54) is 0 Å². The van der Waals surface area contributed by atoms with Crippen LogP contribution in [-0.4, -0.2) is 36.4 Å². The van der Waals surface area contributed by atoms with E-state index in [1.54, 1.807) is 17.1 Å². The maximum absolute atomic E-state index is 10.1. The minimum absolute atomic E-state index is 0.0167. The lowest BCUT2D eigenvalue weighted by molar-refractivity contribution is 0.0693. The molecule has 1 aliphatic rings. The molecule has 0 bridgehead atoms. The normalized spacial score (nSPS) is 24.1. The van der Waals surface area contributed by atoms with Crippen LogP contribution in [0.4, 0.5) is 0 Å². The van der Waals surface area contributed by atoms with E-state index in [4.69, 9.17) is 0 Å². The first-order valence-electron chi connectivity index (χ1n) is 6.22. The zero-order valence-electron chi connectivity index (χ0n) is 9.98. The van der Waals surface area contributed by atoms with Crippen LogP contribution in [0.15, 0.2) is 24.5 Å². The van der Waals surface area contributed by atoms with Gasteiger partial charge in [-0.15, -0.1) is 5.10 Å². The van der Waals surface area contributed by atoms with Crippen molar-refractivity contribution in [3.05, 3.63) is 24.5 Å². The van der Waals surface area contributed by atoms with Gasteiger partial charge < -0.3 is 5.11 Å². The summed E-state index contributed by atoms with van der Waals surface area (Å²) in [4.78, 5) is 3.99. The van der Waals surface area contributed by atoms with Crippen molar-refractivity contribution in [2.45, 2.75) is 37.8 Å². The highest BCUT2D eigenvalue weighted by molar-refractivity contribution is 5.53. The van der Waals surface area contributed by atoms with Crippen LogP contribution in [0, 0.1) is 0 Å². The third-order valence-corrected chi connectivity index (χ3v) is 3.44. The third-order valence-electron chi connectivity index (χ3n) is 3.44. The van der Waals surface area contributed by atoms with Crippen LogP contribution in [0.25, 0.3) is 11.4 Å². The maximum Gasteiger partial charge on any atom is 0.182 e. The van der Waals surface area contributed by atoms with E-state index >= 15 is 0 Å². The van der Waals surface area contributed by atoms with Crippen LogP contribution in [0.3, 0.4) is 0 Å². The van der Waals surface area contributed by atoms with Crippen molar-refractivity contribution in [1.82, 2.24) is 25.2 Å². The zero-order valence-corrected chi connectivity index (χ0v) is 9.98. The molecule has 0 radical (unpaired) electrons. The minimum atomic E-state index is -0.358. The quantitative estimate of drug-likeness (QED) is 0.860. The van der Waals surface area contributed by atoms with Gasteiger partial charge in [0.05, 0.1) is 12.1 Å². The summed E-state index contributed by atoms with van der Waals surface area (Å²) in [7, 11) is 0. The van der Waals surface area contributed by atoms with E-state index in [1.807, 2.05) is 12.1 Å². The fraction of sp³-hybridized carbons (Fsp3) is 0.500. The van der Waals surface area contributed by atoms with Crippen LogP contribution in [0.1, 0.15) is 31.7 Å². The average Bonchev–Trinajstić information content (AvgIpc) is 2.89. The number of aliphatic hydroxyl groups is 1. The first-order chi connectivity index (χ1) is 8.86. The lowest BCUT2D eigenvalue weighted by Crippen LogP contribution is -2.28. The number of pyridine rings is 1. The van der Waals surface area contributed by atoms with Crippen LogP contribution < -0.4 is 0 Å². The molecule has 6 nitrogen and oxygen atoms in total. The summed E-state index contributed by atoms with van der Waals surface area (Å²) in [5.41, 5.74) is 0.924. The Balaban J connectivity index is 1.96. The van der Waals surface area contributed by atoms with Gasteiger partial charge in [-0.05, 0) is 35.4 Å². The van der Waals surface area contributed by atoms with E-state index in [9.17, 15) is 5.11 Å². The van der Waals surface area contributed by atoms with Gasteiger partial charge in [0.2, 0.25) is 0 Å². The van der Waals surface area contributed by atoms with Gasteiger partial charge in [-0.1, -0.05) is 12.8 Å². The summed E-state index contributed by atoms with van der Waals surface area (Å²) in [6.45, 7) is 0. The number of aromatic nitrogens is 5. The van der Waals surface area contributed by atoms with E-state index in [0.29, 0.717) is 5.82 Å². The fourth-order valence-electron chi connectivity index (χ4n) is 2.49. The Labute approximate surface area is 105 Å². The molecule has 2 unspecified atom stereocenters. The molecule has 0 amide bonds. The second-order valence-electron chi connectivity index (χ2n) is 4.60. The van der Waals surface area contributed by atoms with Crippen molar-refractivity contribution in [2.75, 3.05) is 0 Å². The smallest absolute Gasteiger partial charge is 0.182 e.